The Morgan fingerprint density at radius 3 is 2.51 bits per heavy atom. The van der Waals surface area contributed by atoms with Gasteiger partial charge in [-0.2, -0.15) is 0 Å². The van der Waals surface area contributed by atoms with Gasteiger partial charge in [-0.1, -0.05) is 42.5 Å². The molecule has 3 aromatic carbocycles. The highest BCUT2D eigenvalue weighted by Crippen LogP contribution is 2.37. The van der Waals surface area contributed by atoms with Crippen molar-refractivity contribution in [1.29, 1.82) is 0 Å². The van der Waals surface area contributed by atoms with Crippen molar-refractivity contribution in [3.8, 4) is 5.75 Å². The van der Waals surface area contributed by atoms with Gasteiger partial charge in [-0.05, 0) is 41.5 Å². The smallest absolute Gasteiger partial charge is 0.321 e. The summed E-state index contributed by atoms with van der Waals surface area (Å²) < 4.78 is 5.74. The molecule has 190 valence electrons. The number of methoxy groups -OCH3 is 1. The molecule has 1 fully saturated rings. The molecule has 1 unspecified atom stereocenters. The highest BCUT2D eigenvalue weighted by Gasteiger charge is 2.34. The Bertz CT molecular complexity index is 1410. The van der Waals surface area contributed by atoms with Crippen molar-refractivity contribution >= 4 is 22.6 Å². The Hall–Kier alpha value is -3.81. The fourth-order valence-corrected chi connectivity index (χ4v) is 5.80. The lowest BCUT2D eigenvalue weighted by molar-refractivity contribution is -0.139. The maximum Gasteiger partial charge on any atom is 0.321 e. The fourth-order valence-electron chi connectivity index (χ4n) is 5.80. The number of H-pyrrole nitrogens is 1. The van der Waals surface area contributed by atoms with Gasteiger partial charge in [0.2, 0.25) is 0 Å². The number of ether oxygens (including phenoxy) is 1. The Morgan fingerprint density at radius 1 is 1.00 bits per heavy atom. The molecule has 37 heavy (non-hydrogen) atoms. The zero-order chi connectivity index (χ0) is 25.4. The molecule has 7 nitrogen and oxygen atoms in total. The Morgan fingerprint density at radius 2 is 1.76 bits per heavy atom. The zero-order valence-electron chi connectivity index (χ0n) is 21.0. The molecule has 0 spiro atoms. The summed E-state index contributed by atoms with van der Waals surface area (Å²) >= 11 is 0. The third kappa shape index (κ3) is 4.56. The first-order chi connectivity index (χ1) is 18.1. The molecule has 3 heterocycles. The van der Waals surface area contributed by atoms with Gasteiger partial charge >= 0.3 is 5.97 Å². The van der Waals surface area contributed by atoms with E-state index in [0.717, 1.165) is 71.8 Å². The highest BCUT2D eigenvalue weighted by molar-refractivity contribution is 5.87. The molecule has 4 aromatic rings. The van der Waals surface area contributed by atoms with Crippen LogP contribution in [-0.2, 0) is 17.8 Å². The number of nitrogens with one attached hydrogen (secondary N) is 2. The van der Waals surface area contributed by atoms with Crippen LogP contribution in [0, 0.1) is 0 Å². The van der Waals surface area contributed by atoms with Crippen molar-refractivity contribution in [2.45, 2.75) is 25.0 Å². The van der Waals surface area contributed by atoms with E-state index in [-0.39, 0.29) is 6.04 Å². The molecular weight excluding hydrogens is 464 g/mol. The number of nitrogens with zero attached hydrogens (tertiary/aromatic N) is 2. The number of aromatic nitrogens is 1. The van der Waals surface area contributed by atoms with Crippen LogP contribution in [0.2, 0.25) is 0 Å². The Balaban J connectivity index is 1.27. The van der Waals surface area contributed by atoms with Crippen LogP contribution in [-0.4, -0.2) is 60.3 Å². The number of hydrogen-bond donors (Lipinski definition) is 3. The number of aromatic amines is 1. The molecule has 2 aliphatic rings. The van der Waals surface area contributed by atoms with Gasteiger partial charge < -0.3 is 19.7 Å². The van der Waals surface area contributed by atoms with Gasteiger partial charge in [-0.3, -0.25) is 15.0 Å². The SMILES string of the molecule is COc1ccc(C2N[C@@H](C(=O)O)Cc3c2[nH]c2ccccc32)cc1CN1CCN(c2ccccc2)CC1. The summed E-state index contributed by atoms with van der Waals surface area (Å²) in [5, 5.41) is 14.4. The van der Waals surface area contributed by atoms with Crippen molar-refractivity contribution in [2.24, 2.45) is 0 Å². The number of carbonyl (C=O) groups is 1. The number of rotatable bonds is 6. The van der Waals surface area contributed by atoms with E-state index in [4.69, 9.17) is 4.74 Å². The van der Waals surface area contributed by atoms with Crippen LogP contribution in [0.5, 0.6) is 5.75 Å². The molecule has 1 aromatic heterocycles. The molecule has 0 aliphatic carbocycles. The standard InChI is InChI=1S/C30H32N4O3/c1-37-27-12-11-20(17-21(27)19-33-13-15-34(16-14-33)22-7-3-2-4-8-22)28-29-24(18-26(32-28)30(35)36)23-9-5-6-10-25(23)31-29/h2-12,17,26,28,31-32H,13-16,18-19H2,1H3,(H,35,36)/t26-,28?/m1/s1. The summed E-state index contributed by atoms with van der Waals surface area (Å²) in [4.78, 5) is 20.5. The number of hydrogen-bond acceptors (Lipinski definition) is 5. The second kappa shape index (κ2) is 9.92. The monoisotopic (exact) mass is 496 g/mol. The number of benzene rings is 3. The first-order valence-corrected chi connectivity index (χ1v) is 12.9. The molecule has 2 atom stereocenters. The molecule has 0 saturated carbocycles. The van der Waals surface area contributed by atoms with E-state index in [1.54, 1.807) is 7.11 Å². The number of anilines is 1. The predicted molar refractivity (Wildman–Crippen MR) is 145 cm³/mol. The van der Waals surface area contributed by atoms with E-state index in [1.807, 2.05) is 24.3 Å². The maximum atomic E-state index is 12.1. The number of para-hydroxylation sites is 2. The van der Waals surface area contributed by atoms with E-state index in [1.165, 1.54) is 5.69 Å². The van der Waals surface area contributed by atoms with Gasteiger partial charge in [0.15, 0.2) is 0 Å². The lowest BCUT2D eigenvalue weighted by Crippen LogP contribution is -2.46. The Labute approximate surface area is 216 Å². The van der Waals surface area contributed by atoms with Crippen LogP contribution in [0.25, 0.3) is 10.9 Å². The van der Waals surface area contributed by atoms with Crippen molar-refractivity contribution < 1.29 is 14.6 Å². The van der Waals surface area contributed by atoms with Crippen LogP contribution in [0.3, 0.4) is 0 Å². The van der Waals surface area contributed by atoms with Crippen molar-refractivity contribution in [1.82, 2.24) is 15.2 Å². The lowest BCUT2D eigenvalue weighted by atomic mass is 9.89. The Kier molecular flexibility index (Phi) is 6.32. The largest absolute Gasteiger partial charge is 0.496 e. The molecule has 1 saturated heterocycles. The lowest BCUT2D eigenvalue weighted by Gasteiger charge is -2.36. The van der Waals surface area contributed by atoms with Gasteiger partial charge in [0, 0.05) is 67.0 Å². The third-order valence-corrected chi connectivity index (χ3v) is 7.73. The van der Waals surface area contributed by atoms with Crippen LogP contribution in [0.1, 0.15) is 28.4 Å². The average Bonchev–Trinajstić information content (AvgIpc) is 3.32. The second-order valence-electron chi connectivity index (χ2n) is 9.93. The van der Waals surface area contributed by atoms with E-state index in [9.17, 15) is 9.90 Å². The predicted octanol–water partition coefficient (Wildman–Crippen LogP) is 4.19. The number of piperazine rings is 1. The summed E-state index contributed by atoms with van der Waals surface area (Å²) in [7, 11) is 1.71. The van der Waals surface area contributed by atoms with Gasteiger partial charge in [0.25, 0.3) is 0 Å². The van der Waals surface area contributed by atoms with Crippen molar-refractivity contribution in [3.63, 3.8) is 0 Å². The molecule has 7 heteroatoms. The van der Waals surface area contributed by atoms with Crippen molar-refractivity contribution in [3.05, 3.63) is 95.2 Å². The molecule has 3 N–H and O–H groups in total. The quantitative estimate of drug-likeness (QED) is 0.372. The molecule has 2 aliphatic heterocycles. The number of aliphatic carboxylic acids is 1. The normalized spacial score (nSPS) is 20.1. The highest BCUT2D eigenvalue weighted by atomic mass is 16.5. The van der Waals surface area contributed by atoms with E-state index < -0.39 is 12.0 Å². The first-order valence-electron chi connectivity index (χ1n) is 12.9. The number of fused-ring (bicyclic) bond motifs is 3. The number of carboxylic acid groups (broad SMARTS) is 1. The summed E-state index contributed by atoms with van der Waals surface area (Å²) in [6, 6.07) is 24.1. The minimum absolute atomic E-state index is 0.239. The topological polar surface area (TPSA) is 80.8 Å². The summed E-state index contributed by atoms with van der Waals surface area (Å²) in [6.45, 7) is 4.69. The summed E-state index contributed by atoms with van der Waals surface area (Å²) in [6.07, 6.45) is 0.458. The van der Waals surface area contributed by atoms with Gasteiger partial charge in [-0.15, -0.1) is 0 Å². The average molecular weight is 497 g/mol. The van der Waals surface area contributed by atoms with Crippen LogP contribution in [0.15, 0.2) is 72.8 Å². The maximum absolute atomic E-state index is 12.1. The van der Waals surface area contributed by atoms with Gasteiger partial charge in [0.1, 0.15) is 11.8 Å². The minimum Gasteiger partial charge on any atom is -0.496 e. The second-order valence-corrected chi connectivity index (χ2v) is 9.93. The molecule has 6 rings (SSSR count). The molecule has 0 amide bonds. The zero-order valence-corrected chi connectivity index (χ0v) is 21.0. The summed E-state index contributed by atoms with van der Waals surface area (Å²) in [5.74, 6) is 0.0302. The first kappa shape index (κ1) is 23.6. The van der Waals surface area contributed by atoms with Gasteiger partial charge in [0.05, 0.1) is 13.2 Å². The van der Waals surface area contributed by atoms with Crippen LogP contribution in [0.4, 0.5) is 5.69 Å². The van der Waals surface area contributed by atoms with Gasteiger partial charge in [-0.25, -0.2) is 0 Å². The molecule has 0 bridgehead atoms. The van der Waals surface area contributed by atoms with E-state index >= 15 is 0 Å². The van der Waals surface area contributed by atoms with Crippen LogP contribution >= 0.6 is 0 Å². The molecule has 0 radical (unpaired) electrons. The number of carboxylic acids is 1. The summed E-state index contributed by atoms with van der Waals surface area (Å²) in [5.41, 5.74) is 6.59. The minimum atomic E-state index is -0.828. The van der Waals surface area contributed by atoms with E-state index in [0.29, 0.717) is 6.42 Å². The van der Waals surface area contributed by atoms with E-state index in [2.05, 4.69) is 68.6 Å². The fraction of sp³-hybridized carbons (Fsp3) is 0.300. The molecular formula is C30H32N4O3. The van der Waals surface area contributed by atoms with Crippen LogP contribution < -0.4 is 15.0 Å². The van der Waals surface area contributed by atoms with Crippen molar-refractivity contribution in [2.75, 3.05) is 38.2 Å². The third-order valence-electron chi connectivity index (χ3n) is 7.73.